The van der Waals surface area contributed by atoms with Crippen molar-refractivity contribution in [3.8, 4) is 11.1 Å². The van der Waals surface area contributed by atoms with Crippen LogP contribution in [0.2, 0.25) is 10.0 Å². The molecule has 0 amide bonds. The summed E-state index contributed by atoms with van der Waals surface area (Å²) in [7, 11) is 0. The van der Waals surface area contributed by atoms with Crippen molar-refractivity contribution >= 4 is 28.9 Å². The summed E-state index contributed by atoms with van der Waals surface area (Å²) in [6, 6.07) is 5.90. The molecule has 0 aliphatic carbocycles. The Labute approximate surface area is 162 Å². The lowest BCUT2D eigenvalue weighted by Crippen LogP contribution is -2.05. The summed E-state index contributed by atoms with van der Waals surface area (Å²) < 4.78 is 27.8. The summed E-state index contributed by atoms with van der Waals surface area (Å²) in [5.74, 6) is -1.33. The molecule has 0 fully saturated rings. The van der Waals surface area contributed by atoms with Crippen LogP contribution in [0.3, 0.4) is 0 Å². The third kappa shape index (κ3) is 3.89. The van der Waals surface area contributed by atoms with E-state index in [1.54, 1.807) is 6.92 Å². The Bertz CT molecular complexity index is 1060. The number of nitrogens with zero attached hydrogens (tertiary/aromatic N) is 3. The number of hydrogen-bond donors (Lipinski definition) is 0. The van der Waals surface area contributed by atoms with Gasteiger partial charge in [0.1, 0.15) is 18.0 Å². The average molecular weight is 410 g/mol. The molecule has 27 heavy (non-hydrogen) atoms. The Balaban J connectivity index is 2.18. The molecular formula is C18H11Cl2F2N3O2. The predicted octanol–water partition coefficient (Wildman–Crippen LogP) is 5.54. The molecule has 5 nitrogen and oxygen atoms in total. The van der Waals surface area contributed by atoms with Crippen molar-refractivity contribution in [2.45, 2.75) is 13.3 Å². The number of halogens is 4. The average Bonchev–Trinajstić information content (AvgIpc) is 2.58. The van der Waals surface area contributed by atoms with Gasteiger partial charge < -0.3 is 0 Å². The predicted molar refractivity (Wildman–Crippen MR) is 98.0 cm³/mol. The van der Waals surface area contributed by atoms with Gasteiger partial charge in [-0.2, -0.15) is 0 Å². The Morgan fingerprint density at radius 3 is 2.56 bits per heavy atom. The molecule has 0 aliphatic rings. The molecule has 138 valence electrons. The van der Waals surface area contributed by atoms with Gasteiger partial charge in [0.05, 0.1) is 26.2 Å². The quantitative estimate of drug-likeness (QED) is 0.419. The summed E-state index contributed by atoms with van der Waals surface area (Å²) in [5.41, 5.74) is 1.13. The van der Waals surface area contributed by atoms with Crippen molar-refractivity contribution in [1.29, 1.82) is 0 Å². The first-order valence-electron chi connectivity index (χ1n) is 7.66. The molecule has 3 aromatic rings. The Hall–Kier alpha value is -2.64. The molecule has 0 bridgehead atoms. The van der Waals surface area contributed by atoms with Crippen molar-refractivity contribution < 1.29 is 13.7 Å². The summed E-state index contributed by atoms with van der Waals surface area (Å²) in [5, 5.41) is 11.4. The number of nitro benzene ring substituents is 1. The first-order valence-corrected chi connectivity index (χ1v) is 8.41. The normalized spacial score (nSPS) is 10.9. The van der Waals surface area contributed by atoms with Gasteiger partial charge in [0.15, 0.2) is 0 Å². The molecule has 0 unspecified atom stereocenters. The van der Waals surface area contributed by atoms with Crippen molar-refractivity contribution in [3.63, 3.8) is 0 Å². The van der Waals surface area contributed by atoms with E-state index in [-0.39, 0.29) is 22.0 Å². The standard InChI is InChI=1S/C18H11Cl2F2N3O2/c1-9-18(12-3-2-11(21)6-14(12)20)16(24-8-23-9)7-13-15(22)4-10(19)5-17(13)25(26)27/h2-6,8H,7H2,1H3. The molecule has 0 spiro atoms. The van der Waals surface area contributed by atoms with Crippen molar-refractivity contribution in [3.05, 3.63) is 85.4 Å². The maximum absolute atomic E-state index is 14.4. The van der Waals surface area contributed by atoms with Crippen LogP contribution >= 0.6 is 23.2 Å². The highest BCUT2D eigenvalue weighted by Gasteiger charge is 2.23. The van der Waals surface area contributed by atoms with Crippen LogP contribution in [-0.2, 0) is 6.42 Å². The SMILES string of the molecule is Cc1ncnc(Cc2c(F)cc(Cl)cc2[N+](=O)[O-])c1-c1ccc(F)cc1Cl. The Kier molecular flexibility index (Phi) is 5.34. The molecule has 0 aliphatic heterocycles. The van der Waals surface area contributed by atoms with Crippen LogP contribution in [0.1, 0.15) is 17.0 Å². The van der Waals surface area contributed by atoms with E-state index in [1.165, 1.54) is 18.5 Å². The second-order valence-electron chi connectivity index (χ2n) is 5.72. The Morgan fingerprint density at radius 2 is 1.89 bits per heavy atom. The maximum atomic E-state index is 14.4. The zero-order chi connectivity index (χ0) is 19.7. The van der Waals surface area contributed by atoms with E-state index in [4.69, 9.17) is 23.2 Å². The minimum absolute atomic E-state index is 0.0800. The number of benzene rings is 2. The molecule has 1 heterocycles. The molecule has 0 N–H and O–H groups in total. The largest absolute Gasteiger partial charge is 0.277 e. The molecule has 0 saturated heterocycles. The number of hydrogen-bond acceptors (Lipinski definition) is 4. The summed E-state index contributed by atoms with van der Waals surface area (Å²) in [6.07, 6.45) is 1.08. The van der Waals surface area contributed by atoms with Gasteiger partial charge in [0.25, 0.3) is 5.69 Å². The van der Waals surface area contributed by atoms with Gasteiger partial charge in [0, 0.05) is 29.3 Å². The summed E-state index contributed by atoms with van der Waals surface area (Å²) >= 11 is 11.9. The van der Waals surface area contributed by atoms with Gasteiger partial charge >= 0.3 is 0 Å². The van der Waals surface area contributed by atoms with E-state index in [1.807, 2.05) is 0 Å². The monoisotopic (exact) mass is 409 g/mol. The Morgan fingerprint density at radius 1 is 1.15 bits per heavy atom. The van der Waals surface area contributed by atoms with E-state index < -0.39 is 22.2 Å². The minimum atomic E-state index is -0.818. The summed E-state index contributed by atoms with van der Waals surface area (Å²) in [4.78, 5) is 18.9. The second kappa shape index (κ2) is 7.54. The third-order valence-corrected chi connectivity index (χ3v) is 4.52. The van der Waals surface area contributed by atoms with Crippen LogP contribution in [0, 0.1) is 28.7 Å². The number of aryl methyl sites for hydroxylation is 1. The van der Waals surface area contributed by atoms with Crippen LogP contribution in [0.4, 0.5) is 14.5 Å². The van der Waals surface area contributed by atoms with E-state index in [2.05, 4.69) is 9.97 Å². The highest BCUT2D eigenvalue weighted by Crippen LogP contribution is 2.35. The van der Waals surface area contributed by atoms with Gasteiger partial charge in [-0.25, -0.2) is 18.7 Å². The first kappa shape index (κ1) is 19.1. The smallest absolute Gasteiger partial charge is 0.258 e. The lowest BCUT2D eigenvalue weighted by Gasteiger charge is -2.13. The van der Waals surface area contributed by atoms with Gasteiger partial charge in [-0.05, 0) is 31.2 Å². The second-order valence-corrected chi connectivity index (χ2v) is 6.57. The van der Waals surface area contributed by atoms with Crippen LogP contribution in [0.5, 0.6) is 0 Å². The molecule has 0 atom stereocenters. The minimum Gasteiger partial charge on any atom is -0.258 e. The fourth-order valence-electron chi connectivity index (χ4n) is 2.79. The lowest BCUT2D eigenvalue weighted by molar-refractivity contribution is -0.385. The van der Waals surface area contributed by atoms with E-state index in [9.17, 15) is 18.9 Å². The first-order chi connectivity index (χ1) is 12.8. The van der Waals surface area contributed by atoms with E-state index in [0.29, 0.717) is 22.5 Å². The van der Waals surface area contributed by atoms with Crippen LogP contribution in [-0.4, -0.2) is 14.9 Å². The highest BCUT2D eigenvalue weighted by atomic mass is 35.5. The molecule has 0 saturated carbocycles. The van der Waals surface area contributed by atoms with Crippen LogP contribution in [0.25, 0.3) is 11.1 Å². The lowest BCUT2D eigenvalue weighted by atomic mass is 9.97. The number of aromatic nitrogens is 2. The van der Waals surface area contributed by atoms with Crippen molar-refractivity contribution in [2.24, 2.45) is 0 Å². The molecule has 0 radical (unpaired) electrons. The van der Waals surface area contributed by atoms with E-state index in [0.717, 1.165) is 18.2 Å². The molecule has 1 aromatic heterocycles. The zero-order valence-corrected chi connectivity index (χ0v) is 15.4. The number of rotatable bonds is 4. The van der Waals surface area contributed by atoms with Crippen molar-refractivity contribution in [1.82, 2.24) is 9.97 Å². The van der Waals surface area contributed by atoms with Gasteiger partial charge in [-0.1, -0.05) is 23.2 Å². The fourth-order valence-corrected chi connectivity index (χ4v) is 3.26. The topological polar surface area (TPSA) is 68.9 Å². The van der Waals surface area contributed by atoms with E-state index >= 15 is 0 Å². The van der Waals surface area contributed by atoms with Crippen molar-refractivity contribution in [2.75, 3.05) is 0 Å². The van der Waals surface area contributed by atoms with Crippen LogP contribution in [0.15, 0.2) is 36.7 Å². The summed E-state index contributed by atoms with van der Waals surface area (Å²) in [6.45, 7) is 1.69. The molecule has 3 rings (SSSR count). The fraction of sp³-hybridized carbons (Fsp3) is 0.111. The molecule has 9 heteroatoms. The zero-order valence-electron chi connectivity index (χ0n) is 13.8. The molecule has 2 aromatic carbocycles. The maximum Gasteiger partial charge on any atom is 0.277 e. The van der Waals surface area contributed by atoms with Crippen LogP contribution < -0.4 is 0 Å². The highest BCUT2D eigenvalue weighted by molar-refractivity contribution is 6.33. The van der Waals surface area contributed by atoms with Gasteiger partial charge in [-0.3, -0.25) is 10.1 Å². The third-order valence-electron chi connectivity index (χ3n) is 3.99. The molecular weight excluding hydrogens is 399 g/mol. The van der Waals surface area contributed by atoms with Gasteiger partial charge in [-0.15, -0.1) is 0 Å². The number of nitro groups is 1. The van der Waals surface area contributed by atoms with Gasteiger partial charge in [0.2, 0.25) is 0 Å².